The van der Waals surface area contributed by atoms with Crippen LogP contribution in [0.2, 0.25) is 0 Å². The summed E-state index contributed by atoms with van der Waals surface area (Å²) in [6, 6.07) is 18.7. The molecule has 0 unspecified atom stereocenters. The zero-order chi connectivity index (χ0) is 10.8. The lowest BCUT2D eigenvalue weighted by Gasteiger charge is -2.07. The molecule has 0 aliphatic carbocycles. The highest BCUT2D eigenvalue weighted by Crippen LogP contribution is 2.36. The molecule has 2 aromatic carbocycles. The van der Waals surface area contributed by atoms with E-state index in [1.54, 1.807) is 0 Å². The SMILES string of the molecule is [HH].c1ccc(Nc2ccc(N3CS3)cc2)cc1. The lowest BCUT2D eigenvalue weighted by molar-refractivity contribution is 1.43. The van der Waals surface area contributed by atoms with Crippen LogP contribution in [-0.2, 0) is 0 Å². The molecule has 2 aromatic rings. The van der Waals surface area contributed by atoms with E-state index >= 15 is 0 Å². The average Bonchev–Trinajstić information content (AvgIpc) is 3.15. The van der Waals surface area contributed by atoms with Crippen molar-refractivity contribution in [3.63, 3.8) is 0 Å². The van der Waals surface area contributed by atoms with Crippen LogP contribution in [0.4, 0.5) is 17.1 Å². The lowest BCUT2D eigenvalue weighted by atomic mass is 10.2. The van der Waals surface area contributed by atoms with Gasteiger partial charge in [0.25, 0.3) is 0 Å². The summed E-state index contributed by atoms with van der Waals surface area (Å²) in [4.78, 5) is 0. The van der Waals surface area contributed by atoms with Crippen molar-refractivity contribution in [3.8, 4) is 0 Å². The maximum absolute atomic E-state index is 3.37. The van der Waals surface area contributed by atoms with Crippen LogP contribution in [0.15, 0.2) is 54.6 Å². The summed E-state index contributed by atoms with van der Waals surface area (Å²) < 4.78 is 2.26. The Morgan fingerprint density at radius 1 is 0.938 bits per heavy atom. The molecule has 0 aromatic heterocycles. The lowest BCUT2D eigenvalue weighted by Crippen LogP contribution is -1.91. The minimum atomic E-state index is 0. The second-order valence-corrected chi connectivity index (χ2v) is 4.63. The molecule has 16 heavy (non-hydrogen) atoms. The molecular formula is C13H14N2S. The molecule has 0 bridgehead atoms. The van der Waals surface area contributed by atoms with Crippen LogP contribution in [0.3, 0.4) is 0 Å². The van der Waals surface area contributed by atoms with Crippen molar-refractivity contribution in [2.45, 2.75) is 0 Å². The van der Waals surface area contributed by atoms with Crippen molar-refractivity contribution in [3.05, 3.63) is 54.6 Å². The first-order valence-corrected chi connectivity index (χ1v) is 6.19. The number of rotatable bonds is 3. The highest BCUT2D eigenvalue weighted by Gasteiger charge is 2.18. The molecule has 1 saturated heterocycles. The first-order valence-electron chi connectivity index (χ1n) is 5.24. The molecule has 3 rings (SSSR count). The highest BCUT2D eigenvalue weighted by atomic mass is 32.2. The third-order valence-corrected chi connectivity index (χ3v) is 3.20. The minimum absolute atomic E-state index is 0. The van der Waals surface area contributed by atoms with Crippen LogP contribution in [0.1, 0.15) is 1.43 Å². The summed E-state index contributed by atoms with van der Waals surface area (Å²) in [6.45, 7) is 0. The topological polar surface area (TPSA) is 15.0 Å². The zero-order valence-corrected chi connectivity index (χ0v) is 9.58. The van der Waals surface area contributed by atoms with E-state index in [1.807, 2.05) is 30.1 Å². The molecule has 0 amide bonds. The Kier molecular flexibility index (Phi) is 2.46. The average molecular weight is 230 g/mol. The normalized spacial score (nSPS) is 13.6. The number of nitrogens with one attached hydrogen (secondary N) is 1. The third-order valence-electron chi connectivity index (χ3n) is 2.48. The number of hydrogen-bond donors (Lipinski definition) is 1. The number of hydrogen-bond acceptors (Lipinski definition) is 3. The molecule has 1 fully saturated rings. The molecule has 0 spiro atoms. The molecule has 3 heteroatoms. The first-order chi connectivity index (χ1) is 7.92. The van der Waals surface area contributed by atoms with Gasteiger partial charge in [-0.15, -0.1) is 0 Å². The van der Waals surface area contributed by atoms with Crippen LogP contribution in [0.25, 0.3) is 0 Å². The largest absolute Gasteiger partial charge is 0.356 e. The Hall–Kier alpha value is -1.61. The highest BCUT2D eigenvalue weighted by molar-refractivity contribution is 8.07. The molecular weight excluding hydrogens is 216 g/mol. The maximum Gasteiger partial charge on any atom is 0.0950 e. The maximum atomic E-state index is 3.37. The van der Waals surface area contributed by atoms with Gasteiger partial charge in [-0.05, 0) is 48.3 Å². The number of para-hydroxylation sites is 1. The van der Waals surface area contributed by atoms with Crippen molar-refractivity contribution in [2.75, 3.05) is 15.5 Å². The van der Waals surface area contributed by atoms with E-state index in [0.29, 0.717) is 0 Å². The van der Waals surface area contributed by atoms with E-state index in [9.17, 15) is 0 Å². The van der Waals surface area contributed by atoms with E-state index in [-0.39, 0.29) is 1.43 Å². The van der Waals surface area contributed by atoms with Gasteiger partial charge in [0.15, 0.2) is 0 Å². The molecule has 1 N–H and O–H groups in total. The van der Waals surface area contributed by atoms with E-state index in [1.165, 1.54) is 5.69 Å². The molecule has 2 nitrogen and oxygen atoms in total. The Morgan fingerprint density at radius 2 is 1.56 bits per heavy atom. The predicted molar refractivity (Wildman–Crippen MR) is 73.2 cm³/mol. The van der Waals surface area contributed by atoms with Gasteiger partial charge in [0.1, 0.15) is 0 Å². The Morgan fingerprint density at radius 3 is 2.19 bits per heavy atom. The minimum Gasteiger partial charge on any atom is -0.356 e. The van der Waals surface area contributed by atoms with Gasteiger partial charge in [0.05, 0.1) is 5.88 Å². The van der Waals surface area contributed by atoms with Crippen LogP contribution >= 0.6 is 11.9 Å². The van der Waals surface area contributed by atoms with Gasteiger partial charge in [-0.1, -0.05) is 18.2 Å². The summed E-state index contributed by atoms with van der Waals surface area (Å²) in [7, 11) is 0. The van der Waals surface area contributed by atoms with Crippen LogP contribution in [0.5, 0.6) is 0 Å². The Labute approximate surface area is 101 Å². The quantitative estimate of drug-likeness (QED) is 0.631. The number of benzene rings is 2. The monoisotopic (exact) mass is 230 g/mol. The van der Waals surface area contributed by atoms with Gasteiger partial charge in [-0.2, -0.15) is 0 Å². The second kappa shape index (κ2) is 4.10. The number of anilines is 3. The fraction of sp³-hybridized carbons (Fsp3) is 0.0769. The van der Waals surface area contributed by atoms with Crippen LogP contribution in [0, 0.1) is 0 Å². The molecule has 82 valence electrons. The fourth-order valence-corrected chi connectivity index (χ4v) is 2.05. The Bertz CT molecular complexity index is 469. The summed E-state index contributed by atoms with van der Waals surface area (Å²) in [5, 5.41) is 3.37. The smallest absolute Gasteiger partial charge is 0.0950 e. The summed E-state index contributed by atoms with van der Waals surface area (Å²) in [5.74, 6) is 1.12. The molecule has 1 aliphatic heterocycles. The van der Waals surface area contributed by atoms with Crippen molar-refractivity contribution < 1.29 is 1.43 Å². The van der Waals surface area contributed by atoms with Gasteiger partial charge in [-0.3, -0.25) is 0 Å². The zero-order valence-electron chi connectivity index (χ0n) is 8.76. The van der Waals surface area contributed by atoms with Gasteiger partial charge < -0.3 is 9.62 Å². The van der Waals surface area contributed by atoms with Crippen molar-refractivity contribution >= 4 is 29.0 Å². The first kappa shape index (κ1) is 9.60. The van der Waals surface area contributed by atoms with E-state index in [2.05, 4.69) is 46.0 Å². The van der Waals surface area contributed by atoms with Gasteiger partial charge >= 0.3 is 0 Å². The summed E-state index contributed by atoms with van der Waals surface area (Å²) in [6.07, 6.45) is 0. The second-order valence-electron chi connectivity index (χ2n) is 3.67. The van der Waals surface area contributed by atoms with Crippen LogP contribution in [-0.4, -0.2) is 5.88 Å². The molecule has 0 radical (unpaired) electrons. The molecule has 1 heterocycles. The standard InChI is InChI=1S/C13H12N2S.H2/c1-2-4-11(5-3-1)14-12-6-8-13(9-7-12)15-10-16-15;/h1-9,14H,10H2;1H. The van der Waals surface area contributed by atoms with Gasteiger partial charge in [0.2, 0.25) is 0 Å². The fourth-order valence-electron chi connectivity index (χ4n) is 1.58. The van der Waals surface area contributed by atoms with E-state index in [0.717, 1.165) is 17.3 Å². The molecule has 0 saturated carbocycles. The van der Waals surface area contributed by atoms with E-state index < -0.39 is 0 Å². The van der Waals surface area contributed by atoms with Crippen LogP contribution < -0.4 is 9.62 Å². The van der Waals surface area contributed by atoms with E-state index in [4.69, 9.17) is 0 Å². The van der Waals surface area contributed by atoms with Crippen molar-refractivity contribution in [2.24, 2.45) is 0 Å². The molecule has 1 aliphatic rings. The Balaban J connectivity index is 0.00000108. The molecule has 0 atom stereocenters. The third kappa shape index (κ3) is 2.14. The van der Waals surface area contributed by atoms with Gasteiger partial charge in [-0.25, -0.2) is 0 Å². The van der Waals surface area contributed by atoms with Crippen molar-refractivity contribution in [1.82, 2.24) is 0 Å². The summed E-state index contributed by atoms with van der Waals surface area (Å²) in [5.41, 5.74) is 3.53. The number of nitrogens with zero attached hydrogens (tertiary/aromatic N) is 1. The van der Waals surface area contributed by atoms with Gasteiger partial charge in [0, 0.05) is 18.5 Å². The van der Waals surface area contributed by atoms with Crippen molar-refractivity contribution in [1.29, 1.82) is 0 Å². The predicted octanol–water partition coefficient (Wildman–Crippen LogP) is 4.10. The summed E-state index contributed by atoms with van der Waals surface area (Å²) >= 11 is 1.84.